The second-order valence-corrected chi connectivity index (χ2v) is 11.3. The summed E-state index contributed by atoms with van der Waals surface area (Å²) in [4.78, 5) is 36.0. The van der Waals surface area contributed by atoms with Crippen molar-refractivity contribution in [2.24, 2.45) is 0 Å². The molecule has 0 bridgehead atoms. The quantitative estimate of drug-likeness (QED) is 0.260. The number of benzene rings is 2. The summed E-state index contributed by atoms with van der Waals surface area (Å²) in [5.74, 6) is 0.737. The summed E-state index contributed by atoms with van der Waals surface area (Å²) in [6, 6.07) is 13.4. The van der Waals surface area contributed by atoms with Gasteiger partial charge >= 0.3 is 0 Å². The summed E-state index contributed by atoms with van der Waals surface area (Å²) in [6.45, 7) is 8.20. The van der Waals surface area contributed by atoms with Crippen molar-refractivity contribution >= 4 is 44.9 Å². The van der Waals surface area contributed by atoms with Gasteiger partial charge in [0, 0.05) is 23.7 Å². The van der Waals surface area contributed by atoms with E-state index in [9.17, 15) is 9.59 Å². The lowest BCUT2D eigenvalue weighted by atomic mass is 10.1. The highest BCUT2D eigenvalue weighted by Gasteiger charge is 2.25. The summed E-state index contributed by atoms with van der Waals surface area (Å²) in [6.07, 6.45) is 0.830. The molecular weight excluding hydrogens is 504 g/mol. The van der Waals surface area contributed by atoms with E-state index < -0.39 is 0 Å². The summed E-state index contributed by atoms with van der Waals surface area (Å²) in [5, 5.41) is 4.21. The molecule has 192 valence electrons. The Morgan fingerprint density at radius 3 is 2.73 bits per heavy atom. The minimum atomic E-state index is -0.140. The van der Waals surface area contributed by atoms with Crippen molar-refractivity contribution in [3.8, 4) is 11.4 Å². The smallest absolute Gasteiger partial charge is 0.267 e. The number of likely N-dealkylation sites (N-methyl/N-ethyl adjacent to an activating group) is 1. The summed E-state index contributed by atoms with van der Waals surface area (Å²) in [5.41, 5.74) is 4.61. The molecule has 9 heteroatoms. The average Bonchev–Trinajstić information content (AvgIpc) is 3.23. The lowest BCUT2D eigenvalue weighted by molar-refractivity contribution is -0.113. The first-order chi connectivity index (χ1) is 17.8. The number of fused-ring (bicyclic) bond motifs is 3. The van der Waals surface area contributed by atoms with E-state index in [1.165, 1.54) is 16.6 Å². The molecule has 4 aromatic rings. The Kier molecular flexibility index (Phi) is 7.37. The second kappa shape index (κ2) is 10.7. The van der Waals surface area contributed by atoms with E-state index in [0.29, 0.717) is 22.8 Å². The van der Waals surface area contributed by atoms with Gasteiger partial charge in [0.25, 0.3) is 5.56 Å². The molecule has 1 N–H and O–H groups in total. The molecule has 37 heavy (non-hydrogen) atoms. The van der Waals surface area contributed by atoms with Crippen LogP contribution in [0.25, 0.3) is 15.9 Å². The Labute approximate surface area is 224 Å². The predicted molar refractivity (Wildman–Crippen MR) is 152 cm³/mol. The number of nitrogens with one attached hydrogen (secondary N) is 1. The molecular formula is C28H30N4O3S2. The van der Waals surface area contributed by atoms with Gasteiger partial charge in [-0.15, -0.1) is 11.3 Å². The largest absolute Gasteiger partial charge is 0.494 e. The van der Waals surface area contributed by atoms with Gasteiger partial charge in [-0.1, -0.05) is 23.9 Å². The highest BCUT2D eigenvalue weighted by atomic mass is 32.2. The normalized spacial score (nSPS) is 13.5. The van der Waals surface area contributed by atoms with Crippen LogP contribution >= 0.6 is 23.1 Å². The van der Waals surface area contributed by atoms with E-state index in [1.54, 1.807) is 15.9 Å². The molecule has 0 spiro atoms. The lowest BCUT2D eigenvalue weighted by Crippen LogP contribution is -2.27. The number of thiophene rings is 1. The number of amides is 1. The van der Waals surface area contributed by atoms with Crippen LogP contribution in [-0.2, 0) is 17.8 Å². The van der Waals surface area contributed by atoms with Gasteiger partial charge in [-0.2, -0.15) is 0 Å². The minimum Gasteiger partial charge on any atom is -0.494 e. The molecule has 0 aliphatic carbocycles. The van der Waals surface area contributed by atoms with Gasteiger partial charge in [0.1, 0.15) is 10.6 Å². The zero-order valence-corrected chi connectivity index (χ0v) is 23.1. The Hall–Kier alpha value is -3.14. The molecule has 1 amide bonds. The highest BCUT2D eigenvalue weighted by Crippen LogP contribution is 2.34. The van der Waals surface area contributed by atoms with Crippen LogP contribution in [0.15, 0.2) is 52.4 Å². The Bertz CT molecular complexity index is 1530. The first-order valence-corrected chi connectivity index (χ1v) is 14.1. The van der Waals surface area contributed by atoms with Gasteiger partial charge in [0.15, 0.2) is 5.16 Å². The summed E-state index contributed by atoms with van der Waals surface area (Å²) >= 11 is 2.86. The maximum absolute atomic E-state index is 14.0. The number of hydrogen-bond donors (Lipinski definition) is 1. The van der Waals surface area contributed by atoms with Crippen LogP contribution in [0.2, 0.25) is 0 Å². The molecule has 2 aromatic carbocycles. The molecule has 5 rings (SSSR count). The van der Waals surface area contributed by atoms with E-state index in [0.717, 1.165) is 52.5 Å². The number of aromatic nitrogens is 2. The average molecular weight is 535 g/mol. The van der Waals surface area contributed by atoms with Crippen molar-refractivity contribution < 1.29 is 9.53 Å². The molecule has 3 heterocycles. The molecule has 0 atom stereocenters. The number of hydrogen-bond acceptors (Lipinski definition) is 7. The number of rotatable bonds is 7. The number of nitrogens with zero attached hydrogens (tertiary/aromatic N) is 3. The number of anilines is 1. The van der Waals surface area contributed by atoms with E-state index in [4.69, 9.17) is 9.72 Å². The third kappa shape index (κ3) is 5.30. The summed E-state index contributed by atoms with van der Waals surface area (Å²) in [7, 11) is 2.09. The maximum atomic E-state index is 14.0. The van der Waals surface area contributed by atoms with Crippen molar-refractivity contribution in [3.05, 3.63) is 74.4 Å². The molecule has 1 aliphatic rings. The van der Waals surface area contributed by atoms with Crippen molar-refractivity contribution in [2.45, 2.75) is 38.9 Å². The molecule has 0 saturated carbocycles. The van der Waals surface area contributed by atoms with Gasteiger partial charge in [0.2, 0.25) is 5.91 Å². The van der Waals surface area contributed by atoms with E-state index in [-0.39, 0.29) is 17.2 Å². The fraction of sp³-hybridized carbons (Fsp3) is 0.321. The van der Waals surface area contributed by atoms with Crippen LogP contribution in [0.3, 0.4) is 0 Å². The van der Waals surface area contributed by atoms with Gasteiger partial charge in [-0.05, 0) is 81.3 Å². The van der Waals surface area contributed by atoms with Crippen LogP contribution in [0.4, 0.5) is 5.69 Å². The number of carbonyl (C=O) groups is 1. The third-order valence-corrected chi connectivity index (χ3v) is 8.49. The van der Waals surface area contributed by atoms with Crippen LogP contribution in [0.5, 0.6) is 5.75 Å². The minimum absolute atomic E-state index is 0.0892. The zero-order valence-electron chi connectivity index (χ0n) is 21.5. The van der Waals surface area contributed by atoms with Crippen LogP contribution < -0.4 is 15.6 Å². The van der Waals surface area contributed by atoms with Gasteiger partial charge in [-0.3, -0.25) is 14.2 Å². The van der Waals surface area contributed by atoms with Crippen molar-refractivity contribution in [2.75, 3.05) is 31.3 Å². The topological polar surface area (TPSA) is 76.5 Å². The molecule has 7 nitrogen and oxygen atoms in total. The van der Waals surface area contributed by atoms with Crippen LogP contribution in [0.1, 0.15) is 28.5 Å². The number of carbonyl (C=O) groups excluding carboxylic acids is 1. The molecule has 0 fully saturated rings. The molecule has 1 aliphatic heterocycles. The van der Waals surface area contributed by atoms with Gasteiger partial charge < -0.3 is 15.0 Å². The Morgan fingerprint density at radius 1 is 1.19 bits per heavy atom. The van der Waals surface area contributed by atoms with Crippen molar-refractivity contribution in [1.29, 1.82) is 0 Å². The molecule has 0 saturated heterocycles. The molecule has 0 radical (unpaired) electrons. The van der Waals surface area contributed by atoms with Gasteiger partial charge in [0.05, 0.1) is 23.4 Å². The standard InChI is InChI=1S/C28H30N4O3S2/c1-5-35-20-10-8-19(9-11-20)32-27(34)25-21-12-13-31(4)15-23(21)37-26(25)30-28(32)36-16-24(33)29-22-14-17(2)6-7-18(22)3/h6-11,14H,5,12-13,15-16H2,1-4H3,(H,29,33). The van der Waals surface area contributed by atoms with E-state index in [1.807, 2.05) is 63.2 Å². The fourth-order valence-electron chi connectivity index (χ4n) is 4.52. The maximum Gasteiger partial charge on any atom is 0.267 e. The predicted octanol–water partition coefficient (Wildman–Crippen LogP) is 5.18. The van der Waals surface area contributed by atoms with Crippen molar-refractivity contribution in [1.82, 2.24) is 14.5 Å². The van der Waals surface area contributed by atoms with E-state index in [2.05, 4.69) is 17.3 Å². The first kappa shape index (κ1) is 25.5. The third-order valence-electron chi connectivity index (χ3n) is 6.44. The monoisotopic (exact) mass is 534 g/mol. The number of ether oxygens (including phenoxy) is 1. The lowest BCUT2D eigenvalue weighted by Gasteiger charge is -2.21. The highest BCUT2D eigenvalue weighted by molar-refractivity contribution is 7.99. The van der Waals surface area contributed by atoms with Crippen LogP contribution in [0, 0.1) is 13.8 Å². The first-order valence-electron chi connectivity index (χ1n) is 12.3. The Morgan fingerprint density at radius 2 is 1.97 bits per heavy atom. The zero-order chi connectivity index (χ0) is 26.1. The van der Waals surface area contributed by atoms with Crippen molar-refractivity contribution in [3.63, 3.8) is 0 Å². The van der Waals surface area contributed by atoms with Crippen LogP contribution in [-0.4, -0.2) is 46.3 Å². The van der Waals surface area contributed by atoms with E-state index >= 15 is 0 Å². The van der Waals surface area contributed by atoms with Gasteiger partial charge in [-0.25, -0.2) is 4.98 Å². The SMILES string of the molecule is CCOc1ccc(-n2c(SCC(=O)Nc3cc(C)ccc3C)nc3sc4c(c3c2=O)CCN(C)C4)cc1. The second-order valence-electron chi connectivity index (χ2n) is 9.29. The fourth-order valence-corrected chi connectivity index (χ4v) is 6.67. The molecule has 0 unspecified atom stereocenters. The molecule has 2 aromatic heterocycles. The Balaban J connectivity index is 1.52. The summed E-state index contributed by atoms with van der Waals surface area (Å²) < 4.78 is 7.23. The number of aryl methyl sites for hydroxylation is 2. The number of thioether (sulfide) groups is 1.